The topological polar surface area (TPSA) is 81.3 Å². The van der Waals surface area contributed by atoms with Gasteiger partial charge in [-0.3, -0.25) is 0 Å². The van der Waals surface area contributed by atoms with Crippen molar-refractivity contribution in [2.45, 2.75) is 37.7 Å². The first-order valence-electron chi connectivity index (χ1n) is 6.78. The van der Waals surface area contributed by atoms with Crippen molar-refractivity contribution < 1.29 is 14.4 Å². The number of rotatable bonds is 3. The van der Waals surface area contributed by atoms with Gasteiger partial charge in [0, 0.05) is 17.8 Å². The van der Waals surface area contributed by atoms with Crippen LogP contribution in [0, 0.1) is 0 Å². The number of ether oxygens (including phenoxy) is 1. The smallest absolute Gasteiger partial charge is 0.258 e. The van der Waals surface area contributed by atoms with Gasteiger partial charge in [0.1, 0.15) is 5.60 Å². The Morgan fingerprint density at radius 2 is 2.10 bits per heavy atom. The van der Waals surface area contributed by atoms with Crippen molar-refractivity contribution in [2.75, 3.05) is 7.11 Å². The summed E-state index contributed by atoms with van der Waals surface area (Å²) in [4.78, 5) is 8.38. The van der Waals surface area contributed by atoms with Crippen LogP contribution in [0.3, 0.4) is 0 Å². The van der Waals surface area contributed by atoms with E-state index in [-0.39, 0.29) is 0 Å². The number of pyridine rings is 1. The lowest BCUT2D eigenvalue weighted by Gasteiger charge is -2.27. The van der Waals surface area contributed by atoms with E-state index in [9.17, 15) is 5.11 Å². The zero-order valence-corrected chi connectivity index (χ0v) is 11.4. The van der Waals surface area contributed by atoms with Crippen LogP contribution in [0.4, 0.5) is 0 Å². The first kappa shape index (κ1) is 13.1. The van der Waals surface area contributed by atoms with Crippen LogP contribution in [0.25, 0.3) is 11.4 Å². The molecule has 3 rings (SSSR count). The Morgan fingerprint density at radius 1 is 1.30 bits per heavy atom. The maximum absolute atomic E-state index is 10.6. The third-order valence-electron chi connectivity index (χ3n) is 3.71. The molecular formula is C14H17N3O3. The van der Waals surface area contributed by atoms with Crippen molar-refractivity contribution >= 4 is 0 Å². The first-order chi connectivity index (χ1) is 9.71. The van der Waals surface area contributed by atoms with E-state index < -0.39 is 5.60 Å². The molecule has 0 amide bonds. The van der Waals surface area contributed by atoms with E-state index in [4.69, 9.17) is 9.26 Å². The number of hydrogen-bond donors (Lipinski definition) is 1. The van der Waals surface area contributed by atoms with Gasteiger partial charge in [-0.25, -0.2) is 4.98 Å². The molecule has 6 nitrogen and oxygen atoms in total. The zero-order chi connectivity index (χ0) is 14.0. The number of nitrogens with zero attached hydrogens (tertiary/aromatic N) is 3. The Hall–Kier alpha value is -1.95. The largest absolute Gasteiger partial charge is 0.481 e. The maximum atomic E-state index is 10.6. The first-order valence-corrected chi connectivity index (χ1v) is 6.78. The van der Waals surface area contributed by atoms with Gasteiger partial charge in [0.25, 0.3) is 5.89 Å². The predicted octanol–water partition coefficient (Wildman–Crippen LogP) is 2.29. The van der Waals surface area contributed by atoms with E-state index >= 15 is 0 Å². The quantitative estimate of drug-likeness (QED) is 0.925. The third-order valence-corrected chi connectivity index (χ3v) is 3.71. The van der Waals surface area contributed by atoms with Crippen LogP contribution in [-0.2, 0) is 5.60 Å². The summed E-state index contributed by atoms with van der Waals surface area (Å²) in [5.74, 6) is 1.24. The second-order valence-corrected chi connectivity index (χ2v) is 5.10. The highest BCUT2D eigenvalue weighted by Gasteiger charge is 2.37. The molecule has 6 heteroatoms. The molecule has 0 aromatic carbocycles. The molecule has 1 aliphatic carbocycles. The van der Waals surface area contributed by atoms with E-state index in [1.165, 1.54) is 0 Å². The van der Waals surface area contributed by atoms with Crippen molar-refractivity contribution in [2.24, 2.45) is 0 Å². The average molecular weight is 275 g/mol. The molecular weight excluding hydrogens is 258 g/mol. The number of aromatic nitrogens is 3. The van der Waals surface area contributed by atoms with E-state index in [0.717, 1.165) is 24.8 Å². The second-order valence-electron chi connectivity index (χ2n) is 5.10. The van der Waals surface area contributed by atoms with Crippen LogP contribution in [0.2, 0.25) is 0 Å². The molecule has 0 aliphatic heterocycles. The molecule has 1 aliphatic rings. The van der Waals surface area contributed by atoms with E-state index in [1.807, 2.05) is 0 Å². The summed E-state index contributed by atoms with van der Waals surface area (Å²) in [5.41, 5.74) is -0.216. The highest BCUT2D eigenvalue weighted by Crippen LogP contribution is 2.36. The second kappa shape index (κ2) is 5.20. The molecule has 0 atom stereocenters. The standard InChI is InChI=1S/C14H17N3O3/c1-19-11-9-10(5-8-15-11)12-16-13(20-17-12)14(18)6-3-2-4-7-14/h5,8-9,18H,2-4,6-7H2,1H3. The van der Waals surface area contributed by atoms with Gasteiger partial charge in [0.15, 0.2) is 0 Å². The molecule has 2 aromatic heterocycles. The lowest BCUT2D eigenvalue weighted by Crippen LogP contribution is -2.28. The third kappa shape index (κ3) is 2.38. The maximum Gasteiger partial charge on any atom is 0.258 e. The van der Waals surface area contributed by atoms with Crippen LogP contribution in [-0.4, -0.2) is 27.3 Å². The summed E-state index contributed by atoms with van der Waals surface area (Å²) >= 11 is 0. The number of aliphatic hydroxyl groups is 1. The Labute approximate surface area is 116 Å². The van der Waals surface area contributed by atoms with Crippen LogP contribution >= 0.6 is 0 Å². The summed E-state index contributed by atoms with van der Waals surface area (Å²) in [6, 6.07) is 3.52. The fourth-order valence-corrected chi connectivity index (χ4v) is 2.54. The predicted molar refractivity (Wildman–Crippen MR) is 71.1 cm³/mol. The molecule has 1 fully saturated rings. The van der Waals surface area contributed by atoms with E-state index in [2.05, 4.69) is 15.1 Å². The van der Waals surface area contributed by atoms with Crippen LogP contribution in [0.5, 0.6) is 5.88 Å². The average Bonchev–Trinajstić information content (AvgIpc) is 2.99. The van der Waals surface area contributed by atoms with Crippen molar-refractivity contribution in [3.8, 4) is 17.3 Å². The molecule has 0 bridgehead atoms. The molecule has 0 radical (unpaired) electrons. The van der Waals surface area contributed by atoms with Gasteiger partial charge < -0.3 is 14.4 Å². The fourth-order valence-electron chi connectivity index (χ4n) is 2.54. The monoisotopic (exact) mass is 275 g/mol. The molecule has 106 valence electrons. The summed E-state index contributed by atoms with van der Waals surface area (Å²) in [6.45, 7) is 0. The Balaban J connectivity index is 1.89. The number of hydrogen-bond acceptors (Lipinski definition) is 6. The zero-order valence-electron chi connectivity index (χ0n) is 11.4. The minimum atomic E-state index is -0.972. The van der Waals surface area contributed by atoms with Gasteiger partial charge in [0.2, 0.25) is 11.7 Å². The summed E-state index contributed by atoms with van der Waals surface area (Å²) < 4.78 is 10.3. The minimum absolute atomic E-state index is 0.308. The van der Waals surface area contributed by atoms with Crippen LogP contribution < -0.4 is 4.74 Å². The molecule has 0 spiro atoms. The van der Waals surface area contributed by atoms with Crippen molar-refractivity contribution in [1.29, 1.82) is 0 Å². The Kier molecular flexibility index (Phi) is 3.40. The SMILES string of the molecule is COc1cc(-c2noc(C3(O)CCCCC3)n2)ccn1. The van der Waals surface area contributed by atoms with Gasteiger partial charge in [0.05, 0.1) is 7.11 Å². The van der Waals surface area contributed by atoms with Crippen molar-refractivity contribution in [3.05, 3.63) is 24.2 Å². The minimum Gasteiger partial charge on any atom is -0.481 e. The summed E-state index contributed by atoms with van der Waals surface area (Å²) in [6.07, 6.45) is 6.08. The summed E-state index contributed by atoms with van der Waals surface area (Å²) in [5, 5.41) is 14.5. The van der Waals surface area contributed by atoms with Gasteiger partial charge in [-0.1, -0.05) is 24.4 Å². The highest BCUT2D eigenvalue weighted by molar-refractivity contribution is 5.55. The Bertz CT molecular complexity index is 591. The van der Waals surface area contributed by atoms with Gasteiger partial charge in [-0.05, 0) is 18.9 Å². The summed E-state index contributed by atoms with van der Waals surface area (Å²) in [7, 11) is 1.55. The normalized spacial score (nSPS) is 17.9. The molecule has 2 aromatic rings. The Morgan fingerprint density at radius 3 is 2.85 bits per heavy atom. The molecule has 1 saturated carbocycles. The van der Waals surface area contributed by atoms with E-state index in [1.54, 1.807) is 25.4 Å². The molecule has 0 saturated heterocycles. The van der Waals surface area contributed by atoms with Gasteiger partial charge in [-0.15, -0.1) is 0 Å². The molecule has 2 heterocycles. The lowest BCUT2D eigenvalue weighted by molar-refractivity contribution is -0.0287. The fraction of sp³-hybridized carbons (Fsp3) is 0.500. The van der Waals surface area contributed by atoms with E-state index in [0.29, 0.717) is 30.4 Å². The molecule has 20 heavy (non-hydrogen) atoms. The van der Waals surface area contributed by atoms with Gasteiger partial charge in [-0.2, -0.15) is 4.98 Å². The van der Waals surface area contributed by atoms with Crippen molar-refractivity contribution in [3.63, 3.8) is 0 Å². The number of methoxy groups -OCH3 is 1. The highest BCUT2D eigenvalue weighted by atomic mass is 16.5. The lowest BCUT2D eigenvalue weighted by atomic mass is 9.85. The van der Waals surface area contributed by atoms with Crippen LogP contribution in [0.1, 0.15) is 38.0 Å². The van der Waals surface area contributed by atoms with Crippen LogP contribution in [0.15, 0.2) is 22.9 Å². The molecule has 1 N–H and O–H groups in total. The molecule has 0 unspecified atom stereocenters. The van der Waals surface area contributed by atoms with Gasteiger partial charge >= 0.3 is 0 Å². The van der Waals surface area contributed by atoms with Crippen molar-refractivity contribution in [1.82, 2.24) is 15.1 Å².